The van der Waals surface area contributed by atoms with Crippen LogP contribution in [0.3, 0.4) is 0 Å². The highest BCUT2D eigenvalue weighted by atomic mass is 16.5. The van der Waals surface area contributed by atoms with E-state index in [9.17, 15) is 4.79 Å². The molecular weight excluding hydrogens is 292 g/mol. The van der Waals surface area contributed by atoms with E-state index in [1.165, 1.54) is 26.5 Å². The van der Waals surface area contributed by atoms with E-state index in [1.54, 1.807) is 16.6 Å². The Morgan fingerprint density at radius 3 is 3.04 bits per heavy atom. The zero-order valence-electron chi connectivity index (χ0n) is 14.0. The summed E-state index contributed by atoms with van der Waals surface area (Å²) in [6.07, 6.45) is 5.11. The maximum atomic E-state index is 11.8. The fourth-order valence-corrected chi connectivity index (χ4v) is 3.30. The smallest absolute Gasteiger partial charge is 0.341 e. The van der Waals surface area contributed by atoms with Crippen molar-refractivity contribution in [3.8, 4) is 0 Å². The average Bonchev–Trinajstić information content (AvgIpc) is 2.96. The van der Waals surface area contributed by atoms with E-state index in [1.807, 2.05) is 6.20 Å². The van der Waals surface area contributed by atoms with Crippen LogP contribution < -0.4 is 0 Å². The zero-order valence-corrected chi connectivity index (χ0v) is 14.0. The molecule has 0 spiro atoms. The first kappa shape index (κ1) is 15.9. The van der Waals surface area contributed by atoms with E-state index >= 15 is 0 Å². The van der Waals surface area contributed by atoms with Crippen LogP contribution in [0.1, 0.15) is 42.9 Å². The van der Waals surface area contributed by atoms with Gasteiger partial charge in [-0.2, -0.15) is 5.10 Å². The molecule has 23 heavy (non-hydrogen) atoms. The maximum Gasteiger partial charge on any atom is 0.341 e. The highest BCUT2D eigenvalue weighted by Gasteiger charge is 2.23. The van der Waals surface area contributed by atoms with Crippen LogP contribution in [0, 0.1) is 5.92 Å². The number of carbonyl (C=O) groups is 1. The van der Waals surface area contributed by atoms with Gasteiger partial charge < -0.3 is 9.64 Å². The Labute approximate surface area is 136 Å². The maximum absolute atomic E-state index is 11.8. The molecule has 6 heteroatoms. The van der Waals surface area contributed by atoms with Gasteiger partial charge in [-0.3, -0.25) is 0 Å². The SMILES string of the molecule is COC(=O)c1cccn2nc(CC3CCCN(C(C)C)C3)nc12. The summed E-state index contributed by atoms with van der Waals surface area (Å²) >= 11 is 0. The van der Waals surface area contributed by atoms with Crippen molar-refractivity contribution in [1.29, 1.82) is 0 Å². The van der Waals surface area contributed by atoms with Crippen molar-refractivity contribution in [3.63, 3.8) is 0 Å². The lowest BCUT2D eigenvalue weighted by atomic mass is 9.94. The molecule has 3 heterocycles. The van der Waals surface area contributed by atoms with Crippen LogP contribution in [-0.2, 0) is 11.2 Å². The standard InChI is InChI=1S/C17H24N4O2/c1-12(2)20-8-4-6-13(11-20)10-15-18-16-14(17(22)23-3)7-5-9-21(16)19-15/h5,7,9,12-13H,4,6,8,10-11H2,1-3H3. The van der Waals surface area contributed by atoms with Gasteiger partial charge in [0, 0.05) is 25.2 Å². The number of ether oxygens (including phenoxy) is 1. The highest BCUT2D eigenvalue weighted by molar-refractivity contribution is 5.95. The van der Waals surface area contributed by atoms with Gasteiger partial charge in [0.15, 0.2) is 11.5 Å². The lowest BCUT2D eigenvalue weighted by Gasteiger charge is -2.35. The van der Waals surface area contributed by atoms with Crippen LogP contribution in [0.2, 0.25) is 0 Å². The molecule has 2 aromatic heterocycles. The molecule has 1 aliphatic heterocycles. The first-order chi connectivity index (χ1) is 11.1. The van der Waals surface area contributed by atoms with Gasteiger partial charge in [0.05, 0.1) is 7.11 Å². The second-order valence-electron chi connectivity index (χ2n) is 6.51. The molecule has 0 saturated carbocycles. The molecular formula is C17H24N4O2. The average molecular weight is 316 g/mol. The van der Waals surface area contributed by atoms with Gasteiger partial charge in [-0.1, -0.05) is 0 Å². The fraction of sp³-hybridized carbons (Fsp3) is 0.588. The van der Waals surface area contributed by atoms with E-state index in [0.29, 0.717) is 23.2 Å². The van der Waals surface area contributed by atoms with Crippen LogP contribution in [0.5, 0.6) is 0 Å². The minimum atomic E-state index is -0.377. The quantitative estimate of drug-likeness (QED) is 0.809. The summed E-state index contributed by atoms with van der Waals surface area (Å²) in [5, 5.41) is 4.53. The Bertz CT molecular complexity index is 695. The first-order valence-electron chi connectivity index (χ1n) is 8.25. The van der Waals surface area contributed by atoms with Crippen molar-refractivity contribution in [2.24, 2.45) is 5.92 Å². The Balaban J connectivity index is 1.80. The van der Waals surface area contributed by atoms with E-state index in [0.717, 1.165) is 18.8 Å². The molecule has 124 valence electrons. The van der Waals surface area contributed by atoms with Crippen LogP contribution >= 0.6 is 0 Å². The van der Waals surface area contributed by atoms with E-state index in [4.69, 9.17) is 4.74 Å². The van der Waals surface area contributed by atoms with Gasteiger partial charge in [0.2, 0.25) is 0 Å². The molecule has 0 bridgehead atoms. The number of hydrogen-bond donors (Lipinski definition) is 0. The Kier molecular flexibility index (Phi) is 4.61. The van der Waals surface area contributed by atoms with Crippen LogP contribution in [0.25, 0.3) is 5.65 Å². The Morgan fingerprint density at radius 2 is 2.30 bits per heavy atom. The van der Waals surface area contributed by atoms with Crippen LogP contribution in [0.15, 0.2) is 18.3 Å². The number of piperidine rings is 1. The Hall–Kier alpha value is -1.95. The molecule has 1 aliphatic rings. The van der Waals surface area contributed by atoms with E-state index in [2.05, 4.69) is 28.8 Å². The second kappa shape index (κ2) is 6.66. The summed E-state index contributed by atoms with van der Waals surface area (Å²) in [6, 6.07) is 4.09. The largest absolute Gasteiger partial charge is 0.465 e. The molecule has 1 saturated heterocycles. The van der Waals surface area contributed by atoms with E-state index < -0.39 is 0 Å². The molecule has 6 nitrogen and oxygen atoms in total. The van der Waals surface area contributed by atoms with Gasteiger partial charge >= 0.3 is 5.97 Å². The summed E-state index contributed by atoms with van der Waals surface area (Å²) < 4.78 is 6.49. The predicted molar refractivity (Wildman–Crippen MR) is 87.5 cm³/mol. The van der Waals surface area contributed by atoms with Gasteiger partial charge in [-0.05, 0) is 51.3 Å². The van der Waals surface area contributed by atoms with Gasteiger partial charge in [0.1, 0.15) is 5.56 Å². The number of fused-ring (bicyclic) bond motifs is 1. The third-order valence-electron chi connectivity index (χ3n) is 4.56. The van der Waals surface area contributed by atoms with Gasteiger partial charge in [-0.15, -0.1) is 0 Å². The van der Waals surface area contributed by atoms with Crippen molar-refractivity contribution >= 4 is 11.6 Å². The number of rotatable bonds is 4. The number of pyridine rings is 1. The zero-order chi connectivity index (χ0) is 16.4. The van der Waals surface area contributed by atoms with Gasteiger partial charge in [0.25, 0.3) is 0 Å². The topological polar surface area (TPSA) is 59.7 Å². The number of esters is 1. The molecule has 2 aromatic rings. The van der Waals surface area contributed by atoms with Crippen LogP contribution in [0.4, 0.5) is 0 Å². The van der Waals surface area contributed by atoms with Gasteiger partial charge in [-0.25, -0.2) is 14.3 Å². The Morgan fingerprint density at radius 1 is 1.48 bits per heavy atom. The molecule has 1 fully saturated rings. The molecule has 1 atom stereocenters. The summed E-state index contributed by atoms with van der Waals surface area (Å²) in [7, 11) is 1.38. The summed E-state index contributed by atoms with van der Waals surface area (Å²) in [5.74, 6) is 1.00. The van der Waals surface area contributed by atoms with E-state index in [-0.39, 0.29) is 5.97 Å². The number of likely N-dealkylation sites (tertiary alicyclic amines) is 1. The third kappa shape index (κ3) is 3.37. The summed E-state index contributed by atoms with van der Waals surface area (Å²) in [4.78, 5) is 18.9. The molecule has 1 unspecified atom stereocenters. The predicted octanol–water partition coefficient (Wildman–Crippen LogP) is 2.18. The van der Waals surface area contributed by atoms with Crippen molar-refractivity contribution < 1.29 is 9.53 Å². The molecule has 0 radical (unpaired) electrons. The molecule has 0 N–H and O–H groups in total. The number of carbonyl (C=O) groups excluding carboxylic acids is 1. The minimum Gasteiger partial charge on any atom is -0.465 e. The summed E-state index contributed by atoms with van der Waals surface area (Å²) in [6.45, 7) is 6.76. The number of aromatic nitrogens is 3. The van der Waals surface area contributed by atoms with Crippen molar-refractivity contribution in [2.45, 2.75) is 39.2 Å². The van der Waals surface area contributed by atoms with Crippen molar-refractivity contribution in [1.82, 2.24) is 19.5 Å². The lowest BCUT2D eigenvalue weighted by Crippen LogP contribution is -2.40. The highest BCUT2D eigenvalue weighted by Crippen LogP contribution is 2.22. The third-order valence-corrected chi connectivity index (χ3v) is 4.56. The molecule has 3 rings (SSSR count). The number of methoxy groups -OCH3 is 1. The minimum absolute atomic E-state index is 0.377. The summed E-state index contributed by atoms with van der Waals surface area (Å²) in [5.41, 5.74) is 1.03. The monoisotopic (exact) mass is 316 g/mol. The fourth-order valence-electron chi connectivity index (χ4n) is 3.30. The second-order valence-corrected chi connectivity index (χ2v) is 6.51. The van der Waals surface area contributed by atoms with Crippen molar-refractivity contribution in [3.05, 3.63) is 29.7 Å². The molecule has 0 amide bonds. The number of nitrogens with zero attached hydrogens (tertiary/aromatic N) is 4. The van der Waals surface area contributed by atoms with Crippen LogP contribution in [-0.4, -0.2) is 51.7 Å². The normalized spacial score (nSPS) is 19.4. The number of hydrogen-bond acceptors (Lipinski definition) is 5. The lowest BCUT2D eigenvalue weighted by molar-refractivity contribution is 0.0602. The first-order valence-corrected chi connectivity index (χ1v) is 8.25. The molecule has 0 aromatic carbocycles. The molecule has 0 aliphatic carbocycles. The van der Waals surface area contributed by atoms with Crippen molar-refractivity contribution in [2.75, 3.05) is 20.2 Å².